The summed E-state index contributed by atoms with van der Waals surface area (Å²) in [6.07, 6.45) is 2.62. The first-order chi connectivity index (χ1) is 15.4. The fourth-order valence-corrected chi connectivity index (χ4v) is 3.17. The van der Waals surface area contributed by atoms with Gasteiger partial charge >= 0.3 is 6.16 Å². The van der Waals surface area contributed by atoms with E-state index in [2.05, 4.69) is 39.8 Å². The van der Waals surface area contributed by atoms with Gasteiger partial charge in [0.2, 0.25) is 0 Å². The molecule has 0 aliphatic heterocycles. The monoisotopic (exact) mass is 442 g/mol. The van der Waals surface area contributed by atoms with Crippen LogP contribution in [-0.2, 0) is 9.47 Å². The van der Waals surface area contributed by atoms with E-state index in [9.17, 15) is 4.79 Å². The van der Waals surface area contributed by atoms with Gasteiger partial charge in [-0.2, -0.15) is 0 Å². The zero-order valence-electron chi connectivity index (χ0n) is 20.1. The van der Waals surface area contributed by atoms with E-state index in [4.69, 9.17) is 18.9 Å². The van der Waals surface area contributed by atoms with Crippen LogP contribution in [0.25, 0.3) is 0 Å². The number of rotatable bonds is 13. The van der Waals surface area contributed by atoms with Crippen LogP contribution in [0, 0.1) is 0 Å². The second-order valence-corrected chi connectivity index (χ2v) is 8.22. The van der Waals surface area contributed by atoms with Crippen LogP contribution in [0.5, 0.6) is 11.5 Å². The lowest BCUT2D eigenvalue weighted by molar-refractivity contribution is -0.0684. The van der Waals surface area contributed by atoms with E-state index in [0.717, 1.165) is 25.0 Å². The molecule has 32 heavy (non-hydrogen) atoms. The van der Waals surface area contributed by atoms with Gasteiger partial charge in [-0.15, -0.1) is 0 Å². The topological polar surface area (TPSA) is 54.0 Å². The molecule has 0 spiro atoms. The Morgan fingerprint density at radius 2 is 1.25 bits per heavy atom. The van der Waals surface area contributed by atoms with Crippen molar-refractivity contribution >= 4 is 6.16 Å². The van der Waals surface area contributed by atoms with E-state index in [1.54, 1.807) is 12.1 Å². The molecule has 2 aromatic carbocycles. The minimum atomic E-state index is -0.681. The Balaban J connectivity index is 1.57. The number of hydrogen-bond acceptors (Lipinski definition) is 5. The molecule has 3 atom stereocenters. The minimum absolute atomic E-state index is 0.291. The van der Waals surface area contributed by atoms with E-state index in [0.29, 0.717) is 37.2 Å². The highest BCUT2D eigenvalue weighted by molar-refractivity contribution is 5.63. The molecule has 0 heterocycles. The lowest BCUT2D eigenvalue weighted by Gasteiger charge is -2.16. The van der Waals surface area contributed by atoms with Crippen LogP contribution in [0.1, 0.15) is 83.3 Å². The van der Waals surface area contributed by atoms with Gasteiger partial charge in [-0.25, -0.2) is 4.79 Å². The van der Waals surface area contributed by atoms with Crippen molar-refractivity contribution < 1.29 is 23.7 Å². The van der Waals surface area contributed by atoms with Gasteiger partial charge in [-0.1, -0.05) is 52.0 Å². The number of carbonyl (C=O) groups excluding carboxylic acids is 1. The Morgan fingerprint density at radius 1 is 0.750 bits per heavy atom. The maximum Gasteiger partial charge on any atom is 0.513 e. The van der Waals surface area contributed by atoms with E-state index in [1.807, 2.05) is 31.2 Å². The molecule has 0 saturated heterocycles. The van der Waals surface area contributed by atoms with Crippen LogP contribution in [0.3, 0.4) is 0 Å². The highest BCUT2D eigenvalue weighted by Crippen LogP contribution is 2.23. The smallest absolute Gasteiger partial charge is 0.465 e. The summed E-state index contributed by atoms with van der Waals surface area (Å²) in [5.74, 6) is 2.33. The van der Waals surface area contributed by atoms with Crippen LogP contribution < -0.4 is 9.47 Å². The summed E-state index contributed by atoms with van der Waals surface area (Å²) in [6.45, 7) is 11.4. The lowest BCUT2D eigenvalue weighted by Crippen LogP contribution is -2.17. The first-order valence-electron chi connectivity index (χ1n) is 11.8. The Hall–Kier alpha value is -2.53. The average Bonchev–Trinajstić information content (AvgIpc) is 2.81. The summed E-state index contributed by atoms with van der Waals surface area (Å²) in [5.41, 5.74) is 2.55. The first kappa shape index (κ1) is 25.7. The molecule has 0 fully saturated rings. The molecule has 0 radical (unpaired) electrons. The zero-order valence-corrected chi connectivity index (χ0v) is 20.1. The van der Waals surface area contributed by atoms with Gasteiger partial charge in [-0.3, -0.25) is 0 Å². The van der Waals surface area contributed by atoms with Crippen molar-refractivity contribution in [2.45, 2.75) is 78.4 Å². The molecule has 2 rings (SSSR count). The van der Waals surface area contributed by atoms with Crippen molar-refractivity contribution in [3.63, 3.8) is 0 Å². The Kier molecular flexibility index (Phi) is 11.1. The summed E-state index contributed by atoms with van der Waals surface area (Å²) in [7, 11) is 0. The standard InChI is InChI=1S/C27H38O5/c1-6-20(3)23-10-14-25(15-11-23)31-22(5)29-18-8-9-19-30-27(28)32-26-16-12-24(13-17-26)21(4)7-2/h10-17,20-22H,6-9,18-19H2,1-5H3. The average molecular weight is 443 g/mol. The molecular weight excluding hydrogens is 404 g/mol. The largest absolute Gasteiger partial charge is 0.513 e. The van der Waals surface area contributed by atoms with Gasteiger partial charge in [0.05, 0.1) is 13.2 Å². The van der Waals surface area contributed by atoms with E-state index in [-0.39, 0.29) is 6.29 Å². The Morgan fingerprint density at radius 3 is 1.78 bits per heavy atom. The van der Waals surface area contributed by atoms with Crippen LogP contribution in [0.4, 0.5) is 4.79 Å². The second-order valence-electron chi connectivity index (χ2n) is 8.22. The summed E-state index contributed by atoms with van der Waals surface area (Å²) >= 11 is 0. The van der Waals surface area contributed by atoms with Gasteiger partial charge in [0, 0.05) is 0 Å². The van der Waals surface area contributed by atoms with Crippen LogP contribution >= 0.6 is 0 Å². The van der Waals surface area contributed by atoms with Gasteiger partial charge in [-0.05, 0) is 79.8 Å². The van der Waals surface area contributed by atoms with Gasteiger partial charge in [0.1, 0.15) is 11.5 Å². The summed E-state index contributed by atoms with van der Waals surface area (Å²) < 4.78 is 21.8. The van der Waals surface area contributed by atoms with Crippen molar-refractivity contribution in [2.75, 3.05) is 13.2 Å². The Labute approximate surface area is 193 Å². The van der Waals surface area contributed by atoms with Crippen molar-refractivity contribution in [1.82, 2.24) is 0 Å². The molecule has 0 aliphatic rings. The fourth-order valence-electron chi connectivity index (χ4n) is 3.17. The number of ether oxygens (including phenoxy) is 4. The molecule has 2 aromatic rings. The predicted octanol–water partition coefficient (Wildman–Crippen LogP) is 7.45. The normalized spacial score (nSPS) is 13.8. The lowest BCUT2D eigenvalue weighted by atomic mass is 9.99. The van der Waals surface area contributed by atoms with Gasteiger partial charge in [0.25, 0.3) is 0 Å². The molecule has 0 amide bonds. The highest BCUT2D eigenvalue weighted by atomic mass is 16.7. The molecule has 0 aliphatic carbocycles. The summed E-state index contributed by atoms with van der Waals surface area (Å²) in [4.78, 5) is 11.8. The molecule has 0 N–H and O–H groups in total. The SMILES string of the molecule is CCC(C)c1ccc(OC(=O)OCCCCOC(C)Oc2ccc(C(C)CC)cc2)cc1. The number of benzene rings is 2. The predicted molar refractivity (Wildman–Crippen MR) is 128 cm³/mol. The third kappa shape index (κ3) is 8.91. The third-order valence-electron chi connectivity index (χ3n) is 5.74. The number of carbonyl (C=O) groups is 1. The maximum atomic E-state index is 11.8. The summed E-state index contributed by atoms with van der Waals surface area (Å²) in [6, 6.07) is 15.7. The number of unbranched alkanes of at least 4 members (excludes halogenated alkanes) is 1. The highest BCUT2D eigenvalue weighted by Gasteiger charge is 2.09. The minimum Gasteiger partial charge on any atom is -0.465 e. The van der Waals surface area contributed by atoms with Crippen LogP contribution in [0.15, 0.2) is 48.5 Å². The van der Waals surface area contributed by atoms with Crippen LogP contribution in [0.2, 0.25) is 0 Å². The van der Waals surface area contributed by atoms with Gasteiger partial charge in [0.15, 0.2) is 6.29 Å². The molecule has 0 bridgehead atoms. The molecule has 0 aromatic heterocycles. The third-order valence-corrected chi connectivity index (χ3v) is 5.74. The summed E-state index contributed by atoms with van der Waals surface area (Å²) in [5, 5.41) is 0. The van der Waals surface area contributed by atoms with Crippen LogP contribution in [-0.4, -0.2) is 25.7 Å². The molecule has 5 heteroatoms. The van der Waals surface area contributed by atoms with Gasteiger partial charge < -0.3 is 18.9 Å². The molecule has 5 nitrogen and oxygen atoms in total. The fraction of sp³-hybridized carbons (Fsp3) is 0.519. The zero-order chi connectivity index (χ0) is 23.3. The molecule has 176 valence electrons. The number of hydrogen-bond donors (Lipinski definition) is 0. The van der Waals surface area contributed by atoms with E-state index >= 15 is 0 Å². The van der Waals surface area contributed by atoms with Crippen molar-refractivity contribution in [2.24, 2.45) is 0 Å². The first-order valence-corrected chi connectivity index (χ1v) is 11.8. The van der Waals surface area contributed by atoms with E-state index < -0.39 is 6.16 Å². The van der Waals surface area contributed by atoms with E-state index in [1.165, 1.54) is 11.1 Å². The maximum absolute atomic E-state index is 11.8. The molecular formula is C27H38O5. The second kappa shape index (κ2) is 13.8. The van der Waals surface area contributed by atoms with Crippen molar-refractivity contribution in [3.8, 4) is 11.5 Å². The quantitative estimate of drug-likeness (QED) is 0.139. The molecule has 0 saturated carbocycles. The Bertz CT molecular complexity index is 785. The van der Waals surface area contributed by atoms with Crippen molar-refractivity contribution in [3.05, 3.63) is 59.7 Å². The molecule has 3 unspecified atom stereocenters. The van der Waals surface area contributed by atoms with Crippen molar-refractivity contribution in [1.29, 1.82) is 0 Å².